The summed E-state index contributed by atoms with van der Waals surface area (Å²) >= 11 is 0. The van der Waals surface area contributed by atoms with E-state index in [9.17, 15) is 0 Å². The maximum Gasteiger partial charge on any atom is 0.120 e. The van der Waals surface area contributed by atoms with Crippen molar-refractivity contribution < 1.29 is 4.74 Å². The van der Waals surface area contributed by atoms with E-state index in [1.54, 1.807) is 0 Å². The lowest BCUT2D eigenvalue weighted by atomic mass is 9.82. The van der Waals surface area contributed by atoms with E-state index in [4.69, 9.17) is 4.74 Å². The fourth-order valence-electron chi connectivity index (χ4n) is 2.95. The molecule has 0 aliphatic carbocycles. The molecule has 106 valence electrons. The Kier molecular flexibility index (Phi) is 4.51. The summed E-state index contributed by atoms with van der Waals surface area (Å²) < 4.78 is 5.78. The van der Waals surface area contributed by atoms with Crippen LogP contribution in [0.3, 0.4) is 0 Å². The summed E-state index contributed by atoms with van der Waals surface area (Å²) in [7, 11) is 0. The van der Waals surface area contributed by atoms with Crippen molar-refractivity contribution in [1.29, 1.82) is 0 Å². The van der Waals surface area contributed by atoms with Crippen molar-refractivity contribution in [3.8, 4) is 5.75 Å². The van der Waals surface area contributed by atoms with Crippen molar-refractivity contribution in [3.63, 3.8) is 0 Å². The first kappa shape index (κ1) is 14.4. The van der Waals surface area contributed by atoms with Crippen molar-refractivity contribution in [2.75, 3.05) is 0 Å². The third-order valence-corrected chi connectivity index (χ3v) is 3.86. The van der Waals surface area contributed by atoms with Crippen LogP contribution in [0.2, 0.25) is 0 Å². The highest BCUT2D eigenvalue weighted by Gasteiger charge is 2.26. The molecule has 19 heavy (non-hydrogen) atoms. The molecule has 0 saturated carbocycles. The SMILES string of the molecule is CC(C)CC1NCc2cc(OC(C)C)ccc2C1C. The zero-order valence-electron chi connectivity index (χ0n) is 12.9. The van der Waals surface area contributed by atoms with Crippen molar-refractivity contribution >= 4 is 0 Å². The molecule has 1 aliphatic rings. The van der Waals surface area contributed by atoms with Crippen LogP contribution in [0.4, 0.5) is 0 Å². The van der Waals surface area contributed by atoms with E-state index in [-0.39, 0.29) is 6.10 Å². The molecule has 0 amide bonds. The van der Waals surface area contributed by atoms with E-state index in [0.717, 1.165) is 18.2 Å². The summed E-state index contributed by atoms with van der Waals surface area (Å²) in [5, 5.41) is 3.68. The molecule has 0 radical (unpaired) electrons. The molecule has 1 aliphatic heterocycles. The Hall–Kier alpha value is -1.02. The van der Waals surface area contributed by atoms with Crippen LogP contribution in [0.1, 0.15) is 58.1 Å². The van der Waals surface area contributed by atoms with Gasteiger partial charge >= 0.3 is 0 Å². The number of hydrogen-bond acceptors (Lipinski definition) is 2. The molecule has 2 rings (SSSR count). The van der Waals surface area contributed by atoms with E-state index in [1.165, 1.54) is 17.5 Å². The van der Waals surface area contributed by atoms with Crippen LogP contribution in [-0.2, 0) is 6.54 Å². The first-order valence-electron chi connectivity index (χ1n) is 7.50. The molecular weight excluding hydrogens is 234 g/mol. The zero-order chi connectivity index (χ0) is 14.0. The van der Waals surface area contributed by atoms with Gasteiger partial charge in [-0.05, 0) is 55.4 Å². The average Bonchev–Trinajstić information content (AvgIpc) is 2.31. The van der Waals surface area contributed by atoms with E-state index in [0.29, 0.717) is 12.0 Å². The van der Waals surface area contributed by atoms with Gasteiger partial charge in [-0.25, -0.2) is 0 Å². The molecule has 1 heterocycles. The fourth-order valence-corrected chi connectivity index (χ4v) is 2.95. The van der Waals surface area contributed by atoms with Crippen LogP contribution in [-0.4, -0.2) is 12.1 Å². The second kappa shape index (κ2) is 5.96. The largest absolute Gasteiger partial charge is 0.491 e. The van der Waals surface area contributed by atoms with Gasteiger partial charge in [-0.3, -0.25) is 0 Å². The summed E-state index contributed by atoms with van der Waals surface area (Å²) in [4.78, 5) is 0. The van der Waals surface area contributed by atoms with E-state index in [1.807, 2.05) is 0 Å². The molecule has 0 spiro atoms. The molecular formula is C17H27NO. The van der Waals surface area contributed by atoms with Gasteiger partial charge < -0.3 is 10.1 Å². The Morgan fingerprint density at radius 2 is 2.00 bits per heavy atom. The van der Waals surface area contributed by atoms with Crippen LogP contribution in [0, 0.1) is 5.92 Å². The van der Waals surface area contributed by atoms with E-state index < -0.39 is 0 Å². The third-order valence-electron chi connectivity index (χ3n) is 3.86. The van der Waals surface area contributed by atoms with Crippen LogP contribution in [0.5, 0.6) is 5.75 Å². The number of nitrogens with one attached hydrogen (secondary N) is 1. The Morgan fingerprint density at radius 3 is 2.63 bits per heavy atom. The predicted molar refractivity (Wildman–Crippen MR) is 80.7 cm³/mol. The lowest BCUT2D eigenvalue weighted by molar-refractivity contribution is 0.241. The van der Waals surface area contributed by atoms with Crippen molar-refractivity contribution in [3.05, 3.63) is 29.3 Å². The standard InChI is InChI=1S/C17H27NO/c1-11(2)8-17-13(5)16-7-6-15(19-12(3)4)9-14(16)10-18-17/h6-7,9,11-13,17-18H,8,10H2,1-5H3. The number of ether oxygens (including phenoxy) is 1. The molecule has 1 N–H and O–H groups in total. The minimum absolute atomic E-state index is 0.237. The molecule has 0 saturated heterocycles. The number of benzene rings is 1. The Labute approximate surface area is 117 Å². The maximum absolute atomic E-state index is 5.78. The summed E-state index contributed by atoms with van der Waals surface area (Å²) in [5.74, 6) is 2.31. The summed E-state index contributed by atoms with van der Waals surface area (Å²) in [6.45, 7) is 12.0. The van der Waals surface area contributed by atoms with Gasteiger partial charge in [0.15, 0.2) is 0 Å². The molecule has 2 atom stereocenters. The first-order chi connectivity index (χ1) is 8.97. The monoisotopic (exact) mass is 261 g/mol. The highest BCUT2D eigenvalue weighted by Crippen LogP contribution is 2.32. The summed E-state index contributed by atoms with van der Waals surface area (Å²) in [6.07, 6.45) is 1.48. The Balaban J connectivity index is 2.16. The third kappa shape index (κ3) is 3.50. The molecule has 2 unspecified atom stereocenters. The Bertz CT molecular complexity index is 425. The smallest absolute Gasteiger partial charge is 0.120 e. The first-order valence-corrected chi connectivity index (χ1v) is 7.50. The molecule has 2 heteroatoms. The Morgan fingerprint density at radius 1 is 1.26 bits per heavy atom. The fraction of sp³-hybridized carbons (Fsp3) is 0.647. The van der Waals surface area contributed by atoms with Gasteiger partial charge in [0.2, 0.25) is 0 Å². The molecule has 1 aromatic rings. The lowest BCUT2D eigenvalue weighted by Gasteiger charge is -2.34. The van der Waals surface area contributed by atoms with Gasteiger partial charge in [0.05, 0.1) is 6.10 Å². The van der Waals surface area contributed by atoms with Gasteiger partial charge in [-0.1, -0.05) is 26.8 Å². The molecule has 2 nitrogen and oxygen atoms in total. The highest BCUT2D eigenvalue weighted by molar-refractivity contribution is 5.40. The number of rotatable bonds is 4. The topological polar surface area (TPSA) is 21.3 Å². The van der Waals surface area contributed by atoms with Crippen LogP contribution >= 0.6 is 0 Å². The van der Waals surface area contributed by atoms with Gasteiger partial charge in [-0.15, -0.1) is 0 Å². The highest BCUT2D eigenvalue weighted by atomic mass is 16.5. The second-order valence-corrected chi connectivity index (χ2v) is 6.43. The zero-order valence-corrected chi connectivity index (χ0v) is 12.9. The van der Waals surface area contributed by atoms with Crippen LogP contribution in [0.15, 0.2) is 18.2 Å². The van der Waals surface area contributed by atoms with E-state index in [2.05, 4.69) is 58.1 Å². The van der Waals surface area contributed by atoms with Gasteiger partial charge in [0.1, 0.15) is 5.75 Å². The second-order valence-electron chi connectivity index (χ2n) is 6.43. The molecule has 0 fully saturated rings. The average molecular weight is 261 g/mol. The quantitative estimate of drug-likeness (QED) is 0.881. The van der Waals surface area contributed by atoms with Gasteiger partial charge in [-0.2, -0.15) is 0 Å². The van der Waals surface area contributed by atoms with Gasteiger partial charge in [0.25, 0.3) is 0 Å². The summed E-state index contributed by atoms with van der Waals surface area (Å²) in [5.41, 5.74) is 2.88. The number of hydrogen-bond donors (Lipinski definition) is 1. The van der Waals surface area contributed by atoms with Gasteiger partial charge in [0, 0.05) is 12.6 Å². The van der Waals surface area contributed by atoms with Crippen molar-refractivity contribution in [1.82, 2.24) is 5.32 Å². The normalized spacial score (nSPS) is 22.7. The van der Waals surface area contributed by atoms with Crippen LogP contribution in [0.25, 0.3) is 0 Å². The maximum atomic E-state index is 5.78. The predicted octanol–water partition coefficient (Wildman–Crippen LogP) is 4.10. The minimum Gasteiger partial charge on any atom is -0.491 e. The van der Waals surface area contributed by atoms with Crippen molar-refractivity contribution in [2.45, 2.75) is 65.6 Å². The molecule has 1 aromatic carbocycles. The summed E-state index contributed by atoms with van der Waals surface area (Å²) in [6, 6.07) is 7.17. The van der Waals surface area contributed by atoms with Crippen LogP contribution < -0.4 is 10.1 Å². The minimum atomic E-state index is 0.237. The van der Waals surface area contributed by atoms with E-state index >= 15 is 0 Å². The lowest BCUT2D eigenvalue weighted by Crippen LogP contribution is -2.39. The molecule has 0 aromatic heterocycles. The molecule has 0 bridgehead atoms. The number of fused-ring (bicyclic) bond motifs is 1. The van der Waals surface area contributed by atoms with Crippen molar-refractivity contribution in [2.24, 2.45) is 5.92 Å².